The van der Waals surface area contributed by atoms with Crippen LogP contribution in [0.15, 0.2) is 85.0 Å². The first-order valence-electron chi connectivity index (χ1n) is 11.1. The van der Waals surface area contributed by atoms with Crippen LogP contribution in [0.4, 0.5) is 11.4 Å². The van der Waals surface area contributed by atoms with Gasteiger partial charge in [-0.05, 0) is 61.4 Å². The Morgan fingerprint density at radius 3 is 1.25 bits per heavy atom. The zero-order valence-electron chi connectivity index (χ0n) is 19.4. The number of carbonyl (C=O) groups excluding carboxylic acids is 4. The molecule has 0 aromatic heterocycles. The summed E-state index contributed by atoms with van der Waals surface area (Å²) >= 11 is 0. The molecule has 2 heterocycles. The third kappa shape index (κ3) is 4.16. The standard InChI is InChI=1S/C28H20N2O6/c1-17-18(2)24(36-22-8-4-6-20(16-22)30-27(33)13-14-28(30)34)10-9-23(17)35-21-7-3-5-19(15-21)29-25(31)11-12-26(29)32/h3-16H,1-2H3. The van der Waals surface area contributed by atoms with Gasteiger partial charge in [0, 0.05) is 36.4 Å². The van der Waals surface area contributed by atoms with Crippen molar-refractivity contribution in [1.29, 1.82) is 0 Å². The summed E-state index contributed by atoms with van der Waals surface area (Å²) in [6.07, 6.45) is 4.93. The number of hydrogen-bond acceptors (Lipinski definition) is 6. The van der Waals surface area contributed by atoms with E-state index in [4.69, 9.17) is 9.47 Å². The lowest BCUT2D eigenvalue weighted by Gasteiger charge is -2.18. The quantitative estimate of drug-likeness (QED) is 0.473. The maximum Gasteiger partial charge on any atom is 0.258 e. The van der Waals surface area contributed by atoms with E-state index in [1.54, 1.807) is 60.7 Å². The lowest BCUT2D eigenvalue weighted by atomic mass is 10.1. The average molecular weight is 480 g/mol. The highest BCUT2D eigenvalue weighted by molar-refractivity contribution is 6.28. The maximum atomic E-state index is 12.0. The van der Waals surface area contributed by atoms with Crippen molar-refractivity contribution < 1.29 is 28.7 Å². The molecule has 3 aromatic rings. The second kappa shape index (κ2) is 8.99. The minimum absolute atomic E-state index is 0.399. The SMILES string of the molecule is Cc1c(Oc2cccc(N3C(=O)C=CC3=O)c2)ccc(Oc2cccc(N3C(=O)C=CC3=O)c2)c1C. The fraction of sp³-hybridized carbons (Fsp3) is 0.0714. The van der Waals surface area contributed by atoms with E-state index < -0.39 is 23.6 Å². The number of nitrogens with zero attached hydrogens (tertiary/aromatic N) is 2. The number of ether oxygens (including phenoxy) is 2. The van der Waals surface area contributed by atoms with Crippen LogP contribution in [0.5, 0.6) is 23.0 Å². The van der Waals surface area contributed by atoms with Gasteiger partial charge in [0.05, 0.1) is 11.4 Å². The molecule has 8 nitrogen and oxygen atoms in total. The predicted molar refractivity (Wildman–Crippen MR) is 132 cm³/mol. The Labute approximate surface area is 206 Å². The van der Waals surface area contributed by atoms with E-state index in [9.17, 15) is 19.2 Å². The molecule has 0 unspecified atom stereocenters. The van der Waals surface area contributed by atoms with Gasteiger partial charge in [0.2, 0.25) is 0 Å². The largest absolute Gasteiger partial charge is 0.457 e. The van der Waals surface area contributed by atoms with E-state index in [2.05, 4.69) is 0 Å². The maximum absolute atomic E-state index is 12.0. The highest BCUT2D eigenvalue weighted by atomic mass is 16.5. The van der Waals surface area contributed by atoms with Gasteiger partial charge in [0.1, 0.15) is 23.0 Å². The zero-order chi connectivity index (χ0) is 25.4. The highest BCUT2D eigenvalue weighted by Crippen LogP contribution is 2.36. The van der Waals surface area contributed by atoms with E-state index in [0.29, 0.717) is 34.4 Å². The van der Waals surface area contributed by atoms with Crippen molar-refractivity contribution in [2.45, 2.75) is 13.8 Å². The molecule has 5 rings (SSSR count). The van der Waals surface area contributed by atoms with Gasteiger partial charge in [-0.15, -0.1) is 0 Å². The molecular formula is C28H20N2O6. The molecule has 8 heteroatoms. The molecule has 0 radical (unpaired) electrons. The molecule has 0 fully saturated rings. The fourth-order valence-corrected chi connectivity index (χ4v) is 3.93. The smallest absolute Gasteiger partial charge is 0.258 e. The van der Waals surface area contributed by atoms with Gasteiger partial charge < -0.3 is 9.47 Å². The first-order valence-corrected chi connectivity index (χ1v) is 11.1. The summed E-state index contributed by atoms with van der Waals surface area (Å²) in [6, 6.07) is 17.0. The Bertz CT molecular complexity index is 1360. The van der Waals surface area contributed by atoms with Crippen LogP contribution in [-0.2, 0) is 19.2 Å². The topological polar surface area (TPSA) is 93.2 Å². The molecule has 0 bridgehead atoms. The summed E-state index contributed by atoms with van der Waals surface area (Å²) in [5.41, 5.74) is 2.51. The molecule has 2 aliphatic rings. The van der Waals surface area contributed by atoms with Gasteiger partial charge in [-0.2, -0.15) is 0 Å². The first-order chi connectivity index (χ1) is 17.3. The number of amides is 4. The molecule has 0 saturated carbocycles. The van der Waals surface area contributed by atoms with Crippen molar-refractivity contribution in [3.05, 3.63) is 96.1 Å². The number of imide groups is 2. The van der Waals surface area contributed by atoms with Gasteiger partial charge in [0.25, 0.3) is 23.6 Å². The molecule has 2 aliphatic heterocycles. The van der Waals surface area contributed by atoms with Gasteiger partial charge >= 0.3 is 0 Å². The molecule has 0 aliphatic carbocycles. The summed E-state index contributed by atoms with van der Waals surface area (Å²) in [6.45, 7) is 3.78. The Hall–Kier alpha value is -4.98. The number of hydrogen-bond donors (Lipinski definition) is 0. The number of carbonyl (C=O) groups is 4. The summed E-state index contributed by atoms with van der Waals surface area (Å²) in [4.78, 5) is 50.1. The van der Waals surface area contributed by atoms with Gasteiger partial charge in [0.15, 0.2) is 0 Å². The van der Waals surface area contributed by atoms with Crippen molar-refractivity contribution in [3.63, 3.8) is 0 Å². The van der Waals surface area contributed by atoms with Crippen LogP contribution < -0.4 is 19.3 Å². The average Bonchev–Trinajstić information content (AvgIpc) is 3.38. The molecule has 3 aromatic carbocycles. The van der Waals surface area contributed by atoms with Crippen LogP contribution in [0.25, 0.3) is 0 Å². The normalized spacial score (nSPS) is 14.8. The summed E-state index contributed by atoms with van der Waals surface area (Å²) in [5.74, 6) is 0.516. The molecule has 0 saturated heterocycles. The second-order valence-electron chi connectivity index (χ2n) is 8.20. The van der Waals surface area contributed by atoms with Crippen LogP contribution in [0.2, 0.25) is 0 Å². The van der Waals surface area contributed by atoms with E-state index in [1.807, 2.05) is 13.8 Å². The Morgan fingerprint density at radius 2 is 0.889 bits per heavy atom. The summed E-state index contributed by atoms with van der Waals surface area (Å²) in [5, 5.41) is 0. The van der Waals surface area contributed by atoms with E-state index >= 15 is 0 Å². The minimum Gasteiger partial charge on any atom is -0.457 e. The first kappa shape index (κ1) is 22.8. The van der Waals surface area contributed by atoms with E-state index in [-0.39, 0.29) is 0 Å². The molecule has 4 amide bonds. The molecule has 0 N–H and O–H groups in total. The van der Waals surface area contributed by atoms with E-state index in [0.717, 1.165) is 20.9 Å². The van der Waals surface area contributed by atoms with Crippen LogP contribution in [-0.4, -0.2) is 23.6 Å². The monoisotopic (exact) mass is 480 g/mol. The number of rotatable bonds is 6. The Balaban J connectivity index is 1.35. The Morgan fingerprint density at radius 1 is 0.528 bits per heavy atom. The summed E-state index contributed by atoms with van der Waals surface area (Å²) in [7, 11) is 0. The van der Waals surface area contributed by atoms with Crippen molar-refractivity contribution in [3.8, 4) is 23.0 Å². The van der Waals surface area contributed by atoms with Gasteiger partial charge in [-0.3, -0.25) is 19.2 Å². The van der Waals surface area contributed by atoms with Crippen LogP contribution in [0.3, 0.4) is 0 Å². The van der Waals surface area contributed by atoms with Crippen LogP contribution in [0.1, 0.15) is 11.1 Å². The molecule has 0 atom stereocenters. The van der Waals surface area contributed by atoms with Crippen molar-refractivity contribution >= 4 is 35.0 Å². The molecule has 36 heavy (non-hydrogen) atoms. The third-order valence-electron chi connectivity index (χ3n) is 5.91. The highest BCUT2D eigenvalue weighted by Gasteiger charge is 2.26. The summed E-state index contributed by atoms with van der Waals surface area (Å²) < 4.78 is 12.1. The van der Waals surface area contributed by atoms with Crippen molar-refractivity contribution in [2.24, 2.45) is 0 Å². The van der Waals surface area contributed by atoms with Gasteiger partial charge in [-0.25, -0.2) is 9.80 Å². The second-order valence-corrected chi connectivity index (χ2v) is 8.20. The lowest BCUT2D eigenvalue weighted by Crippen LogP contribution is -2.29. The minimum atomic E-state index is -0.399. The lowest BCUT2D eigenvalue weighted by molar-refractivity contribution is -0.121. The predicted octanol–water partition coefficient (Wildman–Crippen LogP) is 4.75. The molecule has 0 spiro atoms. The zero-order valence-corrected chi connectivity index (χ0v) is 19.4. The molecule has 178 valence electrons. The van der Waals surface area contributed by atoms with Crippen molar-refractivity contribution in [1.82, 2.24) is 0 Å². The third-order valence-corrected chi connectivity index (χ3v) is 5.91. The number of benzene rings is 3. The molecular weight excluding hydrogens is 460 g/mol. The van der Waals surface area contributed by atoms with Crippen molar-refractivity contribution in [2.75, 3.05) is 9.80 Å². The Kier molecular flexibility index (Phi) is 5.69. The van der Waals surface area contributed by atoms with Crippen LogP contribution >= 0.6 is 0 Å². The van der Waals surface area contributed by atoms with Gasteiger partial charge in [-0.1, -0.05) is 12.1 Å². The fourth-order valence-electron chi connectivity index (χ4n) is 3.93. The van der Waals surface area contributed by atoms with E-state index in [1.165, 1.54) is 24.3 Å². The van der Waals surface area contributed by atoms with Crippen LogP contribution in [0, 0.1) is 13.8 Å². The number of anilines is 2.